The molecule has 0 radical (unpaired) electrons. The summed E-state index contributed by atoms with van der Waals surface area (Å²) in [6.45, 7) is 9.41. The van der Waals surface area contributed by atoms with Crippen molar-refractivity contribution in [3.63, 3.8) is 0 Å². The second-order valence-electron chi connectivity index (χ2n) is 14.5. The first-order chi connectivity index (χ1) is 21.8. The number of aryl methyl sites for hydroxylation is 2. The van der Waals surface area contributed by atoms with E-state index < -0.39 is 0 Å². The summed E-state index contributed by atoms with van der Waals surface area (Å²) in [6, 6.07) is 0. The third kappa shape index (κ3) is 25.4. The average molecular weight is 616 g/mol. The fourth-order valence-electron chi connectivity index (χ4n) is 7.03. The fourth-order valence-corrected chi connectivity index (χ4v) is 7.03. The van der Waals surface area contributed by atoms with Gasteiger partial charge in [0.05, 0.1) is 13.1 Å². The highest BCUT2D eigenvalue weighted by Crippen LogP contribution is 2.15. The number of hydrogen-bond donors (Lipinski definition) is 0. The molecule has 44 heavy (non-hydrogen) atoms. The topological polar surface area (TPSA) is 8.81 Å². The van der Waals surface area contributed by atoms with Gasteiger partial charge in [-0.15, -0.1) is 0 Å². The molecule has 1 rings (SSSR count). The number of nitrogens with zero attached hydrogens (tertiary/aromatic N) is 2. The maximum absolute atomic E-state index is 2.63. The summed E-state index contributed by atoms with van der Waals surface area (Å²) in [5.41, 5.74) is 0. The number of rotatable bonds is 36. The van der Waals surface area contributed by atoms with E-state index in [2.05, 4.69) is 42.3 Å². The standard InChI is InChI=1S/C42H83N2/c1-4-7-10-13-16-18-20-22-24-26-28-30-33-36-39-44-41-40-43(42(44)37-34-31-15-12-9-6-3)38-35-32-29-27-25-23-21-19-17-14-11-8-5-2/h40-41H,4-39H2,1-3H3/q+1. The Balaban J connectivity index is 2.21. The normalized spacial score (nSPS) is 11.6. The zero-order chi connectivity index (χ0) is 31.6. The Bertz CT molecular complexity index is 677. The van der Waals surface area contributed by atoms with Crippen LogP contribution >= 0.6 is 0 Å². The van der Waals surface area contributed by atoms with E-state index in [4.69, 9.17) is 0 Å². The Labute approximate surface area is 279 Å². The molecule has 0 saturated carbocycles. The smallest absolute Gasteiger partial charge is 0.234 e. The van der Waals surface area contributed by atoms with Gasteiger partial charge in [0.15, 0.2) is 0 Å². The van der Waals surface area contributed by atoms with Crippen LogP contribution in [-0.4, -0.2) is 4.57 Å². The number of imidazole rings is 1. The highest BCUT2D eigenvalue weighted by molar-refractivity contribution is 4.84. The van der Waals surface area contributed by atoms with E-state index in [-0.39, 0.29) is 0 Å². The number of hydrogen-bond acceptors (Lipinski definition) is 0. The first-order valence-corrected chi connectivity index (χ1v) is 20.9. The molecule has 1 heterocycles. The molecule has 0 atom stereocenters. The molecule has 0 aliphatic carbocycles. The van der Waals surface area contributed by atoms with Gasteiger partial charge in [-0.1, -0.05) is 201 Å². The van der Waals surface area contributed by atoms with Crippen LogP contribution < -0.4 is 4.57 Å². The monoisotopic (exact) mass is 616 g/mol. The molecule has 0 amide bonds. The molecule has 0 bridgehead atoms. The minimum absolute atomic E-state index is 1.23. The molecule has 2 heteroatoms. The first-order valence-electron chi connectivity index (χ1n) is 20.9. The summed E-state index contributed by atoms with van der Waals surface area (Å²) >= 11 is 0. The van der Waals surface area contributed by atoms with Gasteiger partial charge in [-0.3, -0.25) is 0 Å². The highest BCUT2D eigenvalue weighted by atomic mass is 15.1. The Morgan fingerprint density at radius 3 is 1.09 bits per heavy atom. The van der Waals surface area contributed by atoms with E-state index in [0.717, 1.165) is 0 Å². The Kier molecular flexibility index (Phi) is 31.5. The Hall–Kier alpha value is -0.790. The van der Waals surface area contributed by atoms with Gasteiger partial charge in [0, 0.05) is 6.42 Å². The second-order valence-corrected chi connectivity index (χ2v) is 14.5. The predicted molar refractivity (Wildman–Crippen MR) is 198 cm³/mol. The molecule has 0 aliphatic rings. The average Bonchev–Trinajstić information content (AvgIpc) is 3.42. The lowest BCUT2D eigenvalue weighted by atomic mass is 10.0. The maximum atomic E-state index is 2.63. The molecule has 0 N–H and O–H groups in total. The van der Waals surface area contributed by atoms with E-state index in [9.17, 15) is 0 Å². The van der Waals surface area contributed by atoms with Gasteiger partial charge in [0.1, 0.15) is 12.4 Å². The van der Waals surface area contributed by atoms with Gasteiger partial charge in [-0.2, -0.15) is 0 Å². The van der Waals surface area contributed by atoms with Gasteiger partial charge in [-0.05, 0) is 32.1 Å². The van der Waals surface area contributed by atoms with E-state index >= 15 is 0 Å². The molecule has 2 nitrogen and oxygen atoms in total. The van der Waals surface area contributed by atoms with Crippen LogP contribution in [0.5, 0.6) is 0 Å². The molecule has 0 unspecified atom stereocenters. The molecule has 1 aromatic rings. The van der Waals surface area contributed by atoms with Crippen LogP contribution in [0.4, 0.5) is 0 Å². The third-order valence-corrected chi connectivity index (χ3v) is 10.1. The molecule has 0 aromatic carbocycles. The second kappa shape index (κ2) is 33.6. The van der Waals surface area contributed by atoms with E-state index in [1.54, 1.807) is 5.82 Å². The van der Waals surface area contributed by atoms with Crippen LogP contribution in [0.15, 0.2) is 12.4 Å². The van der Waals surface area contributed by atoms with E-state index in [0.29, 0.717) is 0 Å². The molecule has 0 saturated heterocycles. The van der Waals surface area contributed by atoms with Crippen molar-refractivity contribution in [2.24, 2.45) is 0 Å². The molecular weight excluding hydrogens is 532 g/mol. The highest BCUT2D eigenvalue weighted by Gasteiger charge is 2.16. The molecule has 260 valence electrons. The summed E-state index contributed by atoms with van der Waals surface area (Å²) in [6.07, 6.45) is 53.4. The van der Waals surface area contributed by atoms with Crippen molar-refractivity contribution < 1.29 is 4.57 Å². The van der Waals surface area contributed by atoms with E-state index in [1.165, 1.54) is 231 Å². The lowest BCUT2D eigenvalue weighted by Crippen LogP contribution is -2.37. The van der Waals surface area contributed by atoms with Crippen molar-refractivity contribution in [1.29, 1.82) is 0 Å². The van der Waals surface area contributed by atoms with Crippen molar-refractivity contribution in [2.75, 3.05) is 0 Å². The van der Waals surface area contributed by atoms with Crippen LogP contribution in [-0.2, 0) is 19.5 Å². The molecule has 0 spiro atoms. The number of unbranched alkanes of at least 4 members (excludes halogenated alkanes) is 30. The Morgan fingerprint density at radius 1 is 0.386 bits per heavy atom. The zero-order valence-electron chi connectivity index (χ0n) is 31.0. The molecule has 0 aliphatic heterocycles. The minimum atomic E-state index is 1.23. The van der Waals surface area contributed by atoms with Crippen molar-refractivity contribution in [1.82, 2.24) is 4.57 Å². The van der Waals surface area contributed by atoms with Gasteiger partial charge in [-0.25, -0.2) is 9.13 Å². The minimum Gasteiger partial charge on any atom is -0.234 e. The maximum Gasteiger partial charge on any atom is 0.256 e. The Morgan fingerprint density at radius 2 is 0.705 bits per heavy atom. The van der Waals surface area contributed by atoms with Crippen LogP contribution in [0.2, 0.25) is 0 Å². The van der Waals surface area contributed by atoms with Crippen LogP contribution in [0.3, 0.4) is 0 Å². The summed E-state index contributed by atoms with van der Waals surface area (Å²) < 4.78 is 5.27. The third-order valence-electron chi connectivity index (χ3n) is 10.1. The van der Waals surface area contributed by atoms with Gasteiger partial charge < -0.3 is 0 Å². The quantitative estimate of drug-likeness (QED) is 0.0524. The van der Waals surface area contributed by atoms with Gasteiger partial charge in [0.2, 0.25) is 0 Å². The molecular formula is C42H83N2+. The summed E-state index contributed by atoms with van der Waals surface area (Å²) in [5, 5.41) is 0. The van der Waals surface area contributed by atoms with Crippen LogP contribution in [0.25, 0.3) is 0 Å². The predicted octanol–water partition coefficient (Wildman–Crippen LogP) is 14.3. The van der Waals surface area contributed by atoms with Gasteiger partial charge in [0.25, 0.3) is 5.82 Å². The summed E-state index contributed by atoms with van der Waals surface area (Å²) in [5.74, 6) is 1.62. The van der Waals surface area contributed by atoms with Gasteiger partial charge >= 0.3 is 0 Å². The number of aromatic nitrogens is 2. The van der Waals surface area contributed by atoms with Crippen molar-refractivity contribution in [3.8, 4) is 0 Å². The van der Waals surface area contributed by atoms with Crippen LogP contribution in [0, 0.1) is 0 Å². The first kappa shape index (κ1) is 41.2. The largest absolute Gasteiger partial charge is 0.256 e. The fraction of sp³-hybridized carbons (Fsp3) is 0.929. The molecule has 0 fully saturated rings. The van der Waals surface area contributed by atoms with Crippen molar-refractivity contribution >= 4 is 0 Å². The van der Waals surface area contributed by atoms with Crippen LogP contribution in [0.1, 0.15) is 238 Å². The SMILES string of the molecule is CCCCCCCCCCCCCCCCn1cc[n+](CCCCCCCCCCCCCCC)c1CCCCCCCC. The van der Waals surface area contributed by atoms with E-state index in [1.807, 2.05) is 0 Å². The molecule has 1 aromatic heterocycles. The van der Waals surface area contributed by atoms with Crippen molar-refractivity contribution in [3.05, 3.63) is 18.2 Å². The lowest BCUT2D eigenvalue weighted by Gasteiger charge is -2.07. The summed E-state index contributed by atoms with van der Waals surface area (Å²) in [7, 11) is 0. The van der Waals surface area contributed by atoms with Crippen molar-refractivity contribution in [2.45, 2.75) is 252 Å². The summed E-state index contributed by atoms with van der Waals surface area (Å²) in [4.78, 5) is 0. The zero-order valence-corrected chi connectivity index (χ0v) is 31.0. The lowest BCUT2D eigenvalue weighted by molar-refractivity contribution is -0.704.